The second-order valence-corrected chi connectivity index (χ2v) is 2.90. The number of hydrogen-bond donors (Lipinski definition) is 1. The zero-order valence-electron chi connectivity index (χ0n) is 7.87. The summed E-state index contributed by atoms with van der Waals surface area (Å²) in [7, 11) is 0. The molecule has 1 aromatic carbocycles. The maximum Gasteiger partial charge on any atom is 0.262 e. The van der Waals surface area contributed by atoms with Crippen LogP contribution < -0.4 is 14.8 Å². The number of ether oxygens (including phenoxy) is 2. The fraction of sp³-hybridized carbons (Fsp3) is 0.300. The molecule has 1 aliphatic heterocycles. The summed E-state index contributed by atoms with van der Waals surface area (Å²) in [6.07, 6.45) is 0. The fourth-order valence-electron chi connectivity index (χ4n) is 1.36. The molecule has 0 aromatic heterocycles. The molecule has 74 valence electrons. The van der Waals surface area contributed by atoms with Crippen molar-refractivity contribution in [1.82, 2.24) is 0 Å². The molecule has 0 aliphatic carbocycles. The van der Waals surface area contributed by atoms with E-state index in [2.05, 4.69) is 5.32 Å². The first-order valence-corrected chi connectivity index (χ1v) is 4.49. The highest BCUT2D eigenvalue weighted by atomic mass is 16.5. The monoisotopic (exact) mass is 193 g/mol. The van der Waals surface area contributed by atoms with Gasteiger partial charge >= 0.3 is 0 Å². The second kappa shape index (κ2) is 3.57. The van der Waals surface area contributed by atoms with E-state index in [1.807, 2.05) is 19.1 Å². The van der Waals surface area contributed by atoms with Gasteiger partial charge in [0.15, 0.2) is 18.1 Å². The number of rotatable bonds is 2. The number of fused-ring (bicyclic) bond motifs is 1. The smallest absolute Gasteiger partial charge is 0.262 e. The van der Waals surface area contributed by atoms with Gasteiger partial charge in [0.2, 0.25) is 0 Å². The van der Waals surface area contributed by atoms with Gasteiger partial charge in [-0.3, -0.25) is 4.79 Å². The molecule has 1 aliphatic rings. The van der Waals surface area contributed by atoms with Gasteiger partial charge in [0.25, 0.3) is 5.91 Å². The normalized spacial score (nSPS) is 13.9. The summed E-state index contributed by atoms with van der Waals surface area (Å²) in [5.41, 5.74) is 0.673. The van der Waals surface area contributed by atoms with Crippen molar-refractivity contribution in [2.45, 2.75) is 6.92 Å². The third-order valence-corrected chi connectivity index (χ3v) is 1.90. The highest BCUT2D eigenvalue weighted by Gasteiger charge is 2.19. The molecule has 0 unspecified atom stereocenters. The molecular weight excluding hydrogens is 182 g/mol. The molecule has 2 rings (SSSR count). The van der Waals surface area contributed by atoms with Crippen LogP contribution >= 0.6 is 0 Å². The van der Waals surface area contributed by atoms with Crippen LogP contribution in [-0.4, -0.2) is 19.1 Å². The maximum atomic E-state index is 11.0. The van der Waals surface area contributed by atoms with E-state index in [4.69, 9.17) is 9.47 Å². The van der Waals surface area contributed by atoms with Crippen molar-refractivity contribution in [3.63, 3.8) is 0 Å². The van der Waals surface area contributed by atoms with Crippen LogP contribution in [0.2, 0.25) is 0 Å². The average Bonchev–Trinajstić information content (AvgIpc) is 2.18. The third-order valence-electron chi connectivity index (χ3n) is 1.90. The Morgan fingerprint density at radius 3 is 3.21 bits per heavy atom. The number of amides is 1. The minimum atomic E-state index is -0.133. The van der Waals surface area contributed by atoms with E-state index in [0.29, 0.717) is 23.8 Å². The number of hydrogen-bond acceptors (Lipinski definition) is 3. The molecule has 1 N–H and O–H groups in total. The van der Waals surface area contributed by atoms with E-state index >= 15 is 0 Å². The lowest BCUT2D eigenvalue weighted by Crippen LogP contribution is -2.25. The van der Waals surface area contributed by atoms with E-state index < -0.39 is 0 Å². The van der Waals surface area contributed by atoms with Crippen LogP contribution in [0.1, 0.15) is 6.92 Å². The number of para-hydroxylation sites is 1. The average molecular weight is 193 g/mol. The number of carbonyl (C=O) groups excluding carboxylic acids is 1. The molecule has 0 radical (unpaired) electrons. The van der Waals surface area contributed by atoms with E-state index in [1.54, 1.807) is 6.07 Å². The Bertz CT molecular complexity index is 362. The van der Waals surface area contributed by atoms with E-state index in [-0.39, 0.29) is 12.5 Å². The summed E-state index contributed by atoms with van der Waals surface area (Å²) in [4.78, 5) is 11.0. The predicted molar refractivity (Wildman–Crippen MR) is 51.7 cm³/mol. The zero-order chi connectivity index (χ0) is 9.97. The largest absolute Gasteiger partial charge is 0.490 e. The lowest BCUT2D eigenvalue weighted by Gasteiger charge is -2.20. The molecule has 1 aromatic rings. The lowest BCUT2D eigenvalue weighted by molar-refractivity contribution is -0.118. The summed E-state index contributed by atoms with van der Waals surface area (Å²) < 4.78 is 10.6. The third kappa shape index (κ3) is 1.51. The first kappa shape index (κ1) is 8.87. The van der Waals surface area contributed by atoms with Crippen molar-refractivity contribution in [3.05, 3.63) is 18.2 Å². The minimum absolute atomic E-state index is 0.0527. The summed E-state index contributed by atoms with van der Waals surface area (Å²) in [6, 6.07) is 5.42. The van der Waals surface area contributed by atoms with Crippen molar-refractivity contribution < 1.29 is 14.3 Å². The molecule has 0 saturated heterocycles. The SMILES string of the molecule is CCOc1cccc2c1OCC(=O)N2. The number of nitrogens with one attached hydrogen (secondary N) is 1. The maximum absolute atomic E-state index is 11.0. The van der Waals surface area contributed by atoms with Gasteiger partial charge in [-0.1, -0.05) is 6.07 Å². The van der Waals surface area contributed by atoms with Crippen molar-refractivity contribution in [3.8, 4) is 11.5 Å². The van der Waals surface area contributed by atoms with Crippen molar-refractivity contribution in [2.24, 2.45) is 0 Å². The van der Waals surface area contributed by atoms with Gasteiger partial charge in [0.05, 0.1) is 12.3 Å². The Morgan fingerprint density at radius 2 is 2.43 bits per heavy atom. The van der Waals surface area contributed by atoms with Crippen LogP contribution in [0.4, 0.5) is 5.69 Å². The first-order valence-electron chi connectivity index (χ1n) is 4.49. The molecule has 0 bridgehead atoms. The van der Waals surface area contributed by atoms with Crippen LogP contribution in [0, 0.1) is 0 Å². The van der Waals surface area contributed by atoms with Gasteiger partial charge in [-0.2, -0.15) is 0 Å². The van der Waals surface area contributed by atoms with E-state index in [1.165, 1.54) is 0 Å². The number of carbonyl (C=O) groups is 1. The minimum Gasteiger partial charge on any atom is -0.490 e. The van der Waals surface area contributed by atoms with Crippen LogP contribution in [0.5, 0.6) is 11.5 Å². The highest BCUT2D eigenvalue weighted by molar-refractivity contribution is 5.96. The Labute approximate surface area is 81.8 Å². The topological polar surface area (TPSA) is 47.6 Å². The van der Waals surface area contributed by atoms with Crippen molar-refractivity contribution in [2.75, 3.05) is 18.5 Å². The van der Waals surface area contributed by atoms with Gasteiger partial charge < -0.3 is 14.8 Å². The molecule has 1 heterocycles. The lowest BCUT2D eigenvalue weighted by atomic mass is 10.2. The van der Waals surface area contributed by atoms with Gasteiger partial charge in [-0.15, -0.1) is 0 Å². The standard InChI is InChI=1S/C10H11NO3/c1-2-13-8-5-3-4-7-10(8)14-6-9(12)11-7/h3-5H,2,6H2,1H3,(H,11,12). The van der Waals surface area contributed by atoms with Gasteiger partial charge in [0.1, 0.15) is 0 Å². The Balaban J connectivity index is 2.36. The summed E-state index contributed by atoms with van der Waals surface area (Å²) in [6.45, 7) is 2.53. The molecule has 0 atom stereocenters. The van der Waals surface area contributed by atoms with E-state index in [9.17, 15) is 4.79 Å². The van der Waals surface area contributed by atoms with Crippen LogP contribution in [-0.2, 0) is 4.79 Å². The molecule has 14 heavy (non-hydrogen) atoms. The quantitative estimate of drug-likeness (QED) is 0.772. The Kier molecular flexibility index (Phi) is 2.26. The second-order valence-electron chi connectivity index (χ2n) is 2.90. The first-order chi connectivity index (χ1) is 6.81. The molecular formula is C10H11NO3. The van der Waals surface area contributed by atoms with Crippen LogP contribution in [0.25, 0.3) is 0 Å². The Hall–Kier alpha value is -1.71. The number of anilines is 1. The molecule has 0 fully saturated rings. The molecule has 0 saturated carbocycles. The van der Waals surface area contributed by atoms with Crippen molar-refractivity contribution >= 4 is 11.6 Å². The zero-order valence-corrected chi connectivity index (χ0v) is 7.87. The summed E-state index contributed by atoms with van der Waals surface area (Å²) >= 11 is 0. The van der Waals surface area contributed by atoms with Gasteiger partial charge in [0, 0.05) is 0 Å². The molecule has 4 nitrogen and oxygen atoms in total. The highest BCUT2D eigenvalue weighted by Crippen LogP contribution is 2.36. The van der Waals surface area contributed by atoms with Crippen LogP contribution in [0.3, 0.4) is 0 Å². The summed E-state index contributed by atoms with van der Waals surface area (Å²) in [5.74, 6) is 1.16. The Morgan fingerprint density at radius 1 is 1.57 bits per heavy atom. The molecule has 1 amide bonds. The molecule has 0 spiro atoms. The van der Waals surface area contributed by atoms with Crippen LogP contribution in [0.15, 0.2) is 18.2 Å². The molecule has 4 heteroatoms. The fourth-order valence-corrected chi connectivity index (χ4v) is 1.36. The van der Waals surface area contributed by atoms with Gasteiger partial charge in [-0.05, 0) is 19.1 Å². The predicted octanol–water partition coefficient (Wildman–Crippen LogP) is 1.42. The van der Waals surface area contributed by atoms with Crippen molar-refractivity contribution in [1.29, 1.82) is 0 Å². The van der Waals surface area contributed by atoms with Gasteiger partial charge in [-0.25, -0.2) is 0 Å². The summed E-state index contributed by atoms with van der Waals surface area (Å²) in [5, 5.41) is 2.71. The number of benzene rings is 1. The van der Waals surface area contributed by atoms with E-state index in [0.717, 1.165) is 0 Å².